The first kappa shape index (κ1) is 16.3. The molecule has 0 atom stereocenters. The Balaban J connectivity index is 3.10. The van der Waals surface area contributed by atoms with Gasteiger partial charge in [0.15, 0.2) is 0 Å². The van der Waals surface area contributed by atoms with Crippen LogP contribution in [0.3, 0.4) is 0 Å². The second-order valence-corrected chi connectivity index (χ2v) is 6.20. The monoisotopic (exact) mass is 301 g/mol. The van der Waals surface area contributed by atoms with E-state index in [1.807, 2.05) is 6.92 Å². The van der Waals surface area contributed by atoms with Crippen LogP contribution < -0.4 is 9.04 Å². The summed E-state index contributed by atoms with van der Waals surface area (Å²) in [6.45, 7) is 2.29. The minimum atomic E-state index is -3.57. The summed E-state index contributed by atoms with van der Waals surface area (Å²) in [5, 5.41) is 8.73. The molecule has 0 unspecified atom stereocenters. The fourth-order valence-electron chi connectivity index (χ4n) is 1.66. The molecular weight excluding hydrogens is 282 g/mol. The van der Waals surface area contributed by atoms with Crippen LogP contribution >= 0.6 is 0 Å². The molecule has 0 saturated carbocycles. The number of hydrogen-bond acceptors (Lipinski definition) is 4. The second kappa shape index (κ2) is 7.14. The van der Waals surface area contributed by atoms with Crippen LogP contribution in [-0.2, 0) is 14.8 Å². The number of nitrogens with zero attached hydrogens (tertiary/aromatic N) is 1. The van der Waals surface area contributed by atoms with Gasteiger partial charge in [0.25, 0.3) is 0 Å². The van der Waals surface area contributed by atoms with Crippen molar-refractivity contribution in [3.05, 3.63) is 24.3 Å². The van der Waals surface area contributed by atoms with Gasteiger partial charge < -0.3 is 9.84 Å². The first-order chi connectivity index (χ1) is 9.36. The second-order valence-electron chi connectivity index (χ2n) is 4.30. The summed E-state index contributed by atoms with van der Waals surface area (Å²) in [6.07, 6.45) is 1.57. The third-order valence-electron chi connectivity index (χ3n) is 2.52. The fraction of sp³-hybridized carbons (Fsp3) is 0.462. The average Bonchev–Trinajstić information content (AvgIpc) is 2.35. The Bertz CT molecular complexity index is 556. The molecule has 0 radical (unpaired) electrons. The molecule has 0 heterocycles. The van der Waals surface area contributed by atoms with Crippen molar-refractivity contribution in [3.63, 3.8) is 0 Å². The van der Waals surface area contributed by atoms with Crippen LogP contribution in [0.4, 0.5) is 5.69 Å². The Morgan fingerprint density at radius 2 is 2.00 bits per heavy atom. The predicted octanol–water partition coefficient (Wildman–Crippen LogP) is 1.72. The average molecular weight is 301 g/mol. The number of sulfonamides is 1. The molecule has 6 nitrogen and oxygen atoms in total. The standard InChI is InChI=1S/C13H19NO5S/c1-3-10-19-12-7-5-4-6-11(12)14(20(2,17)18)9-8-13(15)16/h4-7H,3,8-10H2,1-2H3,(H,15,16). The van der Waals surface area contributed by atoms with E-state index >= 15 is 0 Å². The highest BCUT2D eigenvalue weighted by atomic mass is 32.2. The summed E-state index contributed by atoms with van der Waals surface area (Å²) >= 11 is 0. The number of carboxylic acids is 1. The summed E-state index contributed by atoms with van der Waals surface area (Å²) in [7, 11) is -3.57. The van der Waals surface area contributed by atoms with Crippen molar-refractivity contribution in [2.24, 2.45) is 0 Å². The van der Waals surface area contributed by atoms with Crippen LogP contribution in [0, 0.1) is 0 Å². The lowest BCUT2D eigenvalue weighted by Gasteiger charge is -2.24. The number of para-hydroxylation sites is 2. The number of hydrogen-bond donors (Lipinski definition) is 1. The molecule has 1 N–H and O–H groups in total. The largest absolute Gasteiger partial charge is 0.491 e. The molecule has 0 aliphatic heterocycles. The Kier molecular flexibility index (Phi) is 5.82. The van der Waals surface area contributed by atoms with E-state index in [1.54, 1.807) is 24.3 Å². The normalized spacial score (nSPS) is 11.1. The van der Waals surface area contributed by atoms with Crippen LogP contribution in [0.5, 0.6) is 5.75 Å². The SMILES string of the molecule is CCCOc1ccccc1N(CCC(=O)O)S(C)(=O)=O. The van der Waals surface area contributed by atoms with E-state index in [4.69, 9.17) is 9.84 Å². The molecule has 112 valence electrons. The Morgan fingerprint density at radius 1 is 1.35 bits per heavy atom. The van der Waals surface area contributed by atoms with E-state index in [-0.39, 0.29) is 13.0 Å². The van der Waals surface area contributed by atoms with Gasteiger partial charge in [0.2, 0.25) is 10.0 Å². The van der Waals surface area contributed by atoms with Crippen LogP contribution in [0.2, 0.25) is 0 Å². The Morgan fingerprint density at radius 3 is 2.55 bits per heavy atom. The molecule has 0 aromatic heterocycles. The highest BCUT2D eigenvalue weighted by Gasteiger charge is 2.21. The molecule has 0 aliphatic rings. The predicted molar refractivity (Wildman–Crippen MR) is 76.7 cm³/mol. The van der Waals surface area contributed by atoms with E-state index in [1.165, 1.54) is 0 Å². The lowest BCUT2D eigenvalue weighted by atomic mass is 10.3. The van der Waals surface area contributed by atoms with Crippen molar-refractivity contribution < 1.29 is 23.1 Å². The van der Waals surface area contributed by atoms with Crippen molar-refractivity contribution in [3.8, 4) is 5.75 Å². The summed E-state index contributed by atoms with van der Waals surface area (Å²) in [6, 6.07) is 6.71. The molecule has 0 bridgehead atoms. The van der Waals surface area contributed by atoms with E-state index in [2.05, 4.69) is 0 Å². The van der Waals surface area contributed by atoms with Crippen LogP contribution in [0.1, 0.15) is 19.8 Å². The van der Waals surface area contributed by atoms with Crippen LogP contribution in [0.25, 0.3) is 0 Å². The van der Waals surface area contributed by atoms with Crippen molar-refractivity contribution in [2.75, 3.05) is 23.7 Å². The maximum absolute atomic E-state index is 11.8. The molecule has 0 amide bonds. The van der Waals surface area contributed by atoms with Gasteiger partial charge in [-0.25, -0.2) is 8.42 Å². The summed E-state index contributed by atoms with van der Waals surface area (Å²) in [5.41, 5.74) is 0.365. The lowest BCUT2D eigenvalue weighted by molar-refractivity contribution is -0.136. The smallest absolute Gasteiger partial charge is 0.305 e. The summed E-state index contributed by atoms with van der Waals surface area (Å²) in [4.78, 5) is 10.7. The van der Waals surface area contributed by atoms with Gasteiger partial charge in [-0.05, 0) is 18.6 Å². The Hall–Kier alpha value is -1.76. The third kappa shape index (κ3) is 4.73. The van der Waals surface area contributed by atoms with Crippen LogP contribution in [-0.4, -0.2) is 38.9 Å². The number of anilines is 1. The van der Waals surface area contributed by atoms with E-state index in [0.717, 1.165) is 17.0 Å². The maximum atomic E-state index is 11.8. The topological polar surface area (TPSA) is 83.9 Å². The Labute approximate surface area is 119 Å². The van der Waals surface area contributed by atoms with Gasteiger partial charge in [0, 0.05) is 6.54 Å². The zero-order valence-electron chi connectivity index (χ0n) is 11.6. The minimum absolute atomic E-state index is 0.124. The number of carbonyl (C=O) groups is 1. The highest BCUT2D eigenvalue weighted by molar-refractivity contribution is 7.92. The summed E-state index contributed by atoms with van der Waals surface area (Å²) in [5.74, 6) is -0.615. The van der Waals surface area contributed by atoms with Crippen molar-refractivity contribution in [2.45, 2.75) is 19.8 Å². The zero-order chi connectivity index (χ0) is 15.2. The van der Waals surface area contributed by atoms with Crippen LogP contribution in [0.15, 0.2) is 24.3 Å². The molecule has 0 spiro atoms. The molecule has 1 aromatic rings. The number of benzene rings is 1. The molecule has 1 aromatic carbocycles. The third-order valence-corrected chi connectivity index (χ3v) is 3.70. The van der Waals surface area contributed by atoms with Gasteiger partial charge >= 0.3 is 5.97 Å². The minimum Gasteiger partial charge on any atom is -0.491 e. The van der Waals surface area contributed by atoms with E-state index < -0.39 is 16.0 Å². The molecule has 7 heteroatoms. The molecule has 1 rings (SSSR count). The van der Waals surface area contributed by atoms with Crippen molar-refractivity contribution in [1.82, 2.24) is 0 Å². The van der Waals surface area contributed by atoms with Gasteiger partial charge in [0.05, 0.1) is 25.0 Å². The number of carboxylic acid groups (broad SMARTS) is 1. The first-order valence-corrected chi connectivity index (χ1v) is 8.12. The molecule has 20 heavy (non-hydrogen) atoms. The zero-order valence-corrected chi connectivity index (χ0v) is 12.4. The molecule has 0 aliphatic carbocycles. The number of rotatable bonds is 8. The van der Waals surface area contributed by atoms with Gasteiger partial charge in [0.1, 0.15) is 5.75 Å². The molecular formula is C13H19NO5S. The number of aliphatic carboxylic acids is 1. The molecule has 0 fully saturated rings. The van der Waals surface area contributed by atoms with E-state index in [0.29, 0.717) is 18.0 Å². The van der Waals surface area contributed by atoms with Crippen molar-refractivity contribution in [1.29, 1.82) is 0 Å². The van der Waals surface area contributed by atoms with Crippen molar-refractivity contribution >= 4 is 21.7 Å². The fourth-order valence-corrected chi connectivity index (χ4v) is 2.59. The molecule has 0 saturated heterocycles. The van der Waals surface area contributed by atoms with Gasteiger partial charge in [-0.3, -0.25) is 9.10 Å². The quantitative estimate of drug-likeness (QED) is 0.790. The van der Waals surface area contributed by atoms with Gasteiger partial charge in [-0.15, -0.1) is 0 Å². The highest BCUT2D eigenvalue weighted by Crippen LogP contribution is 2.30. The lowest BCUT2D eigenvalue weighted by Crippen LogP contribution is -2.32. The van der Waals surface area contributed by atoms with Gasteiger partial charge in [-0.2, -0.15) is 0 Å². The van der Waals surface area contributed by atoms with Gasteiger partial charge in [-0.1, -0.05) is 19.1 Å². The van der Waals surface area contributed by atoms with E-state index in [9.17, 15) is 13.2 Å². The maximum Gasteiger partial charge on any atom is 0.305 e. The number of ether oxygens (including phenoxy) is 1. The summed E-state index contributed by atoms with van der Waals surface area (Å²) < 4.78 is 30.3. The first-order valence-electron chi connectivity index (χ1n) is 6.27.